The highest BCUT2D eigenvalue weighted by molar-refractivity contribution is 6.32. The first-order valence-corrected chi connectivity index (χ1v) is 7.43. The van der Waals surface area contributed by atoms with Crippen LogP contribution in [0, 0.1) is 6.92 Å². The molecule has 0 radical (unpaired) electrons. The van der Waals surface area contributed by atoms with Crippen molar-refractivity contribution in [1.29, 1.82) is 0 Å². The van der Waals surface area contributed by atoms with E-state index in [0.29, 0.717) is 42.0 Å². The van der Waals surface area contributed by atoms with Gasteiger partial charge in [0.2, 0.25) is 0 Å². The number of furan rings is 1. The number of rotatable bonds is 3. The van der Waals surface area contributed by atoms with E-state index in [0.717, 1.165) is 17.5 Å². The van der Waals surface area contributed by atoms with E-state index in [2.05, 4.69) is 5.32 Å². The van der Waals surface area contributed by atoms with E-state index in [1.807, 2.05) is 13.0 Å². The van der Waals surface area contributed by atoms with Crippen LogP contribution in [0.3, 0.4) is 0 Å². The molecule has 2 aromatic rings. The monoisotopic (exact) mass is 321 g/mol. The van der Waals surface area contributed by atoms with Gasteiger partial charge in [-0.2, -0.15) is 0 Å². The molecule has 1 aliphatic rings. The number of amides is 1. The van der Waals surface area contributed by atoms with E-state index in [9.17, 15) is 4.79 Å². The number of fused-ring (bicyclic) bond motifs is 1. The average molecular weight is 322 g/mol. The van der Waals surface area contributed by atoms with Crippen molar-refractivity contribution in [3.05, 3.63) is 46.4 Å². The Balaban J connectivity index is 1.73. The normalized spacial score (nSPS) is 13.5. The minimum absolute atomic E-state index is 0.259. The summed E-state index contributed by atoms with van der Waals surface area (Å²) < 4.78 is 16.4. The Morgan fingerprint density at radius 3 is 2.91 bits per heavy atom. The zero-order valence-corrected chi connectivity index (χ0v) is 12.9. The fraction of sp³-hybridized carbons (Fsp3) is 0.312. The summed E-state index contributed by atoms with van der Waals surface area (Å²) >= 11 is 6.22. The molecule has 0 atom stereocenters. The van der Waals surface area contributed by atoms with Crippen LogP contribution >= 0.6 is 11.6 Å². The molecule has 0 fully saturated rings. The smallest absolute Gasteiger partial charge is 0.287 e. The fourth-order valence-corrected chi connectivity index (χ4v) is 2.54. The van der Waals surface area contributed by atoms with Crippen molar-refractivity contribution in [2.75, 3.05) is 13.2 Å². The van der Waals surface area contributed by atoms with Crippen LogP contribution in [0.25, 0.3) is 0 Å². The molecule has 2 heterocycles. The first-order chi connectivity index (χ1) is 10.6. The highest BCUT2D eigenvalue weighted by Gasteiger charge is 2.17. The predicted molar refractivity (Wildman–Crippen MR) is 81.7 cm³/mol. The molecule has 1 aliphatic heterocycles. The van der Waals surface area contributed by atoms with Crippen molar-refractivity contribution in [3.63, 3.8) is 0 Å². The van der Waals surface area contributed by atoms with Gasteiger partial charge in [-0.3, -0.25) is 4.79 Å². The molecule has 0 bridgehead atoms. The molecule has 0 unspecified atom stereocenters. The molecule has 6 heteroatoms. The molecular weight excluding hydrogens is 306 g/mol. The molecule has 0 saturated carbocycles. The number of hydrogen-bond donors (Lipinski definition) is 1. The van der Waals surface area contributed by atoms with Crippen molar-refractivity contribution in [3.8, 4) is 11.5 Å². The zero-order chi connectivity index (χ0) is 15.5. The second kappa shape index (κ2) is 6.32. The summed E-state index contributed by atoms with van der Waals surface area (Å²) in [5.41, 5.74) is 1.64. The Bertz CT molecular complexity index is 695. The van der Waals surface area contributed by atoms with Crippen LogP contribution in [-0.4, -0.2) is 19.1 Å². The number of nitrogens with one attached hydrogen (secondary N) is 1. The van der Waals surface area contributed by atoms with E-state index in [1.165, 1.54) is 6.26 Å². The minimum Gasteiger partial charge on any atom is -0.489 e. The van der Waals surface area contributed by atoms with Crippen LogP contribution in [0.2, 0.25) is 5.02 Å². The van der Waals surface area contributed by atoms with E-state index in [1.54, 1.807) is 12.1 Å². The van der Waals surface area contributed by atoms with Crippen LogP contribution in [0.4, 0.5) is 0 Å². The van der Waals surface area contributed by atoms with Gasteiger partial charge >= 0.3 is 0 Å². The minimum atomic E-state index is -0.259. The van der Waals surface area contributed by atoms with Crippen molar-refractivity contribution in [2.45, 2.75) is 19.9 Å². The van der Waals surface area contributed by atoms with Gasteiger partial charge < -0.3 is 19.2 Å². The molecular formula is C16H16ClNO4. The van der Waals surface area contributed by atoms with Gasteiger partial charge in [-0.1, -0.05) is 11.6 Å². The van der Waals surface area contributed by atoms with E-state index < -0.39 is 0 Å². The van der Waals surface area contributed by atoms with Crippen LogP contribution in [0.1, 0.15) is 28.1 Å². The molecule has 1 amide bonds. The van der Waals surface area contributed by atoms with Gasteiger partial charge in [0.1, 0.15) is 0 Å². The number of benzene rings is 1. The lowest BCUT2D eigenvalue weighted by atomic mass is 10.2. The summed E-state index contributed by atoms with van der Waals surface area (Å²) in [4.78, 5) is 12.0. The third-order valence-corrected chi connectivity index (χ3v) is 3.66. The summed E-state index contributed by atoms with van der Waals surface area (Å²) in [6, 6.07) is 5.35. The molecule has 116 valence electrons. The summed E-state index contributed by atoms with van der Waals surface area (Å²) in [5.74, 6) is 1.24. The predicted octanol–water partition coefficient (Wildman–Crippen LogP) is 3.33. The van der Waals surface area contributed by atoms with Crippen LogP contribution in [0.15, 0.2) is 28.9 Å². The molecule has 0 spiro atoms. The quantitative estimate of drug-likeness (QED) is 0.942. The molecule has 0 saturated heterocycles. The third-order valence-electron chi connectivity index (χ3n) is 3.38. The summed E-state index contributed by atoms with van der Waals surface area (Å²) in [6.45, 7) is 3.32. The summed E-state index contributed by atoms with van der Waals surface area (Å²) in [6.07, 6.45) is 2.31. The lowest BCUT2D eigenvalue weighted by Gasteiger charge is -2.12. The maximum Gasteiger partial charge on any atom is 0.287 e. The molecule has 5 nitrogen and oxygen atoms in total. The molecule has 3 rings (SSSR count). The van der Waals surface area contributed by atoms with Crippen molar-refractivity contribution in [1.82, 2.24) is 5.32 Å². The number of ether oxygens (including phenoxy) is 2. The van der Waals surface area contributed by atoms with Crippen molar-refractivity contribution >= 4 is 17.5 Å². The number of carbonyl (C=O) groups excluding carboxylic acids is 1. The van der Waals surface area contributed by atoms with Crippen molar-refractivity contribution in [2.24, 2.45) is 0 Å². The second-order valence-corrected chi connectivity index (χ2v) is 5.48. The van der Waals surface area contributed by atoms with Gasteiger partial charge in [-0.25, -0.2) is 0 Å². The number of halogens is 1. The van der Waals surface area contributed by atoms with Crippen LogP contribution in [-0.2, 0) is 6.54 Å². The van der Waals surface area contributed by atoms with E-state index in [-0.39, 0.29) is 5.91 Å². The lowest BCUT2D eigenvalue weighted by molar-refractivity contribution is 0.0922. The topological polar surface area (TPSA) is 60.7 Å². The SMILES string of the molecule is Cc1ccoc1C(=O)NCc1cc(Cl)c2c(c1)OCCCO2. The standard InChI is InChI=1S/C16H16ClNO4/c1-10-3-6-22-14(10)16(19)18-9-11-7-12(17)15-13(8-11)20-4-2-5-21-15/h3,6-8H,2,4-5,9H2,1H3,(H,18,19). The van der Waals surface area contributed by atoms with Gasteiger partial charge in [0.15, 0.2) is 17.3 Å². The number of carbonyl (C=O) groups is 1. The molecule has 1 aromatic carbocycles. The van der Waals surface area contributed by atoms with Gasteiger partial charge in [-0.15, -0.1) is 0 Å². The summed E-state index contributed by atoms with van der Waals surface area (Å²) in [5, 5.41) is 3.29. The Morgan fingerprint density at radius 2 is 2.14 bits per heavy atom. The summed E-state index contributed by atoms with van der Waals surface area (Å²) in [7, 11) is 0. The van der Waals surface area contributed by atoms with Gasteiger partial charge in [0.05, 0.1) is 24.5 Å². The first kappa shape index (κ1) is 14.8. The van der Waals surface area contributed by atoms with Gasteiger partial charge in [0.25, 0.3) is 5.91 Å². The molecule has 1 N–H and O–H groups in total. The van der Waals surface area contributed by atoms with Crippen molar-refractivity contribution < 1.29 is 18.7 Å². The highest BCUT2D eigenvalue weighted by Crippen LogP contribution is 2.37. The largest absolute Gasteiger partial charge is 0.489 e. The maximum absolute atomic E-state index is 12.0. The number of aryl methyl sites for hydroxylation is 1. The zero-order valence-electron chi connectivity index (χ0n) is 12.1. The Hall–Kier alpha value is -2.14. The molecule has 1 aromatic heterocycles. The first-order valence-electron chi connectivity index (χ1n) is 7.05. The number of hydrogen-bond acceptors (Lipinski definition) is 4. The highest BCUT2D eigenvalue weighted by atomic mass is 35.5. The Morgan fingerprint density at radius 1 is 1.32 bits per heavy atom. The van der Waals surface area contributed by atoms with E-state index in [4.69, 9.17) is 25.5 Å². The van der Waals surface area contributed by atoms with Crippen LogP contribution in [0.5, 0.6) is 11.5 Å². The fourth-order valence-electron chi connectivity index (χ4n) is 2.25. The average Bonchev–Trinajstić information content (AvgIpc) is 2.78. The van der Waals surface area contributed by atoms with E-state index >= 15 is 0 Å². The Labute approximate surface area is 133 Å². The van der Waals surface area contributed by atoms with Gasteiger partial charge in [-0.05, 0) is 30.7 Å². The molecule has 0 aliphatic carbocycles. The Kier molecular flexibility index (Phi) is 4.24. The lowest BCUT2D eigenvalue weighted by Crippen LogP contribution is -2.23. The van der Waals surface area contributed by atoms with Gasteiger partial charge in [0, 0.05) is 18.5 Å². The maximum atomic E-state index is 12.0. The second-order valence-electron chi connectivity index (χ2n) is 5.07. The molecule has 22 heavy (non-hydrogen) atoms. The van der Waals surface area contributed by atoms with Crippen LogP contribution < -0.4 is 14.8 Å². The third kappa shape index (κ3) is 3.04.